The lowest BCUT2D eigenvalue weighted by atomic mass is 10.2. The molecular formula is C22H23F3N8O3. The third kappa shape index (κ3) is 5.30. The molecule has 0 bridgehead atoms. The lowest BCUT2D eigenvalue weighted by Gasteiger charge is -2.35. The molecular weight excluding hydrogens is 481 g/mol. The maximum absolute atomic E-state index is 13.4. The molecule has 0 saturated carbocycles. The number of anilines is 1. The highest BCUT2D eigenvalue weighted by Gasteiger charge is 2.38. The van der Waals surface area contributed by atoms with Crippen molar-refractivity contribution < 1.29 is 22.7 Å². The number of aromatic amines is 1. The van der Waals surface area contributed by atoms with Crippen molar-refractivity contribution in [2.24, 2.45) is 0 Å². The number of H-pyrrole nitrogens is 1. The summed E-state index contributed by atoms with van der Waals surface area (Å²) in [6.45, 7) is 3.75. The summed E-state index contributed by atoms with van der Waals surface area (Å²) < 4.78 is 46.7. The Morgan fingerprint density at radius 3 is 2.64 bits per heavy atom. The summed E-state index contributed by atoms with van der Waals surface area (Å²) in [5, 5.41) is 17.5. The molecule has 1 fully saturated rings. The molecule has 11 nitrogen and oxygen atoms in total. The van der Waals surface area contributed by atoms with E-state index in [1.165, 1.54) is 6.20 Å². The fourth-order valence-corrected chi connectivity index (χ4v) is 3.99. The monoisotopic (exact) mass is 504 g/mol. The predicted molar refractivity (Wildman–Crippen MR) is 121 cm³/mol. The van der Waals surface area contributed by atoms with Crippen molar-refractivity contribution in [3.05, 3.63) is 46.1 Å². The van der Waals surface area contributed by atoms with Gasteiger partial charge in [-0.1, -0.05) is 0 Å². The quantitative estimate of drug-likeness (QED) is 0.481. The van der Waals surface area contributed by atoms with Gasteiger partial charge in [0.05, 0.1) is 23.3 Å². The molecule has 1 aliphatic heterocycles. The predicted octanol–water partition coefficient (Wildman–Crippen LogP) is 1.72. The fourth-order valence-electron chi connectivity index (χ4n) is 3.99. The van der Waals surface area contributed by atoms with Gasteiger partial charge in [-0.25, -0.2) is 10.1 Å². The van der Waals surface area contributed by atoms with Crippen LogP contribution >= 0.6 is 0 Å². The van der Waals surface area contributed by atoms with Crippen molar-refractivity contribution in [3.63, 3.8) is 0 Å². The molecule has 0 aliphatic carbocycles. The highest BCUT2D eigenvalue weighted by atomic mass is 19.4. The molecule has 1 amide bonds. The second-order valence-corrected chi connectivity index (χ2v) is 8.33. The number of piperazine rings is 1. The summed E-state index contributed by atoms with van der Waals surface area (Å²) >= 11 is 0. The molecule has 36 heavy (non-hydrogen) atoms. The van der Waals surface area contributed by atoms with Crippen molar-refractivity contribution in [2.45, 2.75) is 25.6 Å². The first-order valence-corrected chi connectivity index (χ1v) is 11.2. The third-order valence-electron chi connectivity index (χ3n) is 5.95. The van der Waals surface area contributed by atoms with Gasteiger partial charge in [-0.05, 0) is 25.5 Å². The van der Waals surface area contributed by atoms with Crippen LogP contribution in [0.4, 0.5) is 19.0 Å². The van der Waals surface area contributed by atoms with Gasteiger partial charge in [0.1, 0.15) is 23.9 Å². The third-order valence-corrected chi connectivity index (χ3v) is 5.95. The molecule has 0 spiro atoms. The van der Waals surface area contributed by atoms with Crippen molar-refractivity contribution in [3.8, 4) is 6.07 Å². The molecule has 3 aromatic rings. The second kappa shape index (κ2) is 10.3. The van der Waals surface area contributed by atoms with Crippen molar-refractivity contribution in [2.75, 3.05) is 44.3 Å². The molecule has 3 aromatic heterocycles. The Labute approximate surface area is 203 Å². The molecule has 14 heteroatoms. The first-order chi connectivity index (χ1) is 17.2. The number of nitriles is 1. The number of carbonyl (C=O) groups is 1. The Morgan fingerprint density at radius 2 is 2.00 bits per heavy atom. The Balaban J connectivity index is 1.27. The minimum absolute atomic E-state index is 0.0238. The standard InChI is InChI=1S/C22H23F3N8O3/c1-14(33-16-12-28-29-21(35)19(16)20(30-33)22(23,24)25)4-9-36-13-18(34)32-7-5-31(6-8-32)17-3-2-15(10-26)11-27-17/h2-3,11-12,14H,4-9,13H2,1H3,(H,29,35). The van der Waals surface area contributed by atoms with Crippen LogP contribution in [-0.2, 0) is 15.7 Å². The number of nitrogens with one attached hydrogen (secondary N) is 1. The molecule has 1 aliphatic rings. The Hall–Kier alpha value is -3.99. The number of amides is 1. The summed E-state index contributed by atoms with van der Waals surface area (Å²) in [4.78, 5) is 32.4. The molecule has 1 saturated heterocycles. The number of aromatic nitrogens is 5. The summed E-state index contributed by atoms with van der Waals surface area (Å²) in [7, 11) is 0. The van der Waals surface area contributed by atoms with E-state index in [4.69, 9.17) is 10.00 Å². The summed E-state index contributed by atoms with van der Waals surface area (Å²) in [6.07, 6.45) is -1.88. The largest absolute Gasteiger partial charge is 0.435 e. The summed E-state index contributed by atoms with van der Waals surface area (Å²) in [5.41, 5.74) is -1.77. The van der Waals surface area contributed by atoms with E-state index < -0.39 is 28.9 Å². The first kappa shape index (κ1) is 25.1. The number of rotatable bonds is 7. The number of nitrogens with zero attached hydrogens (tertiary/aromatic N) is 7. The molecule has 0 radical (unpaired) electrons. The van der Waals surface area contributed by atoms with E-state index in [9.17, 15) is 22.8 Å². The van der Waals surface area contributed by atoms with Crippen LogP contribution < -0.4 is 10.5 Å². The van der Waals surface area contributed by atoms with Crippen molar-refractivity contribution in [1.82, 2.24) is 29.9 Å². The van der Waals surface area contributed by atoms with Crippen LogP contribution in [0.25, 0.3) is 10.9 Å². The zero-order valence-corrected chi connectivity index (χ0v) is 19.3. The minimum Gasteiger partial charge on any atom is -0.372 e. The van der Waals surface area contributed by atoms with E-state index in [-0.39, 0.29) is 31.1 Å². The van der Waals surface area contributed by atoms with E-state index in [1.54, 1.807) is 24.0 Å². The van der Waals surface area contributed by atoms with Gasteiger partial charge in [0, 0.05) is 39.0 Å². The number of ether oxygens (including phenoxy) is 1. The zero-order valence-electron chi connectivity index (χ0n) is 19.3. The maximum Gasteiger partial charge on any atom is 0.435 e. The van der Waals surface area contributed by atoms with Crippen molar-refractivity contribution in [1.29, 1.82) is 5.26 Å². The average molecular weight is 504 g/mol. The number of hydrogen-bond acceptors (Lipinski definition) is 8. The highest BCUT2D eigenvalue weighted by Crippen LogP contribution is 2.33. The van der Waals surface area contributed by atoms with E-state index in [2.05, 4.69) is 15.2 Å². The van der Waals surface area contributed by atoms with Gasteiger partial charge in [-0.2, -0.15) is 28.6 Å². The number of carbonyl (C=O) groups excluding carboxylic acids is 1. The number of pyridine rings is 1. The maximum atomic E-state index is 13.4. The van der Waals surface area contributed by atoms with Crippen LogP contribution in [-0.4, -0.2) is 75.2 Å². The molecule has 1 atom stereocenters. The van der Waals surface area contributed by atoms with Gasteiger partial charge in [-0.15, -0.1) is 0 Å². The summed E-state index contributed by atoms with van der Waals surface area (Å²) in [6, 6.07) is 4.95. The van der Waals surface area contributed by atoms with E-state index in [1.807, 2.05) is 16.1 Å². The highest BCUT2D eigenvalue weighted by molar-refractivity contribution is 5.80. The Kier molecular flexibility index (Phi) is 7.20. The van der Waals surface area contributed by atoms with Crippen LogP contribution in [0.15, 0.2) is 29.3 Å². The first-order valence-electron chi connectivity index (χ1n) is 11.2. The smallest absolute Gasteiger partial charge is 0.372 e. The Morgan fingerprint density at radius 1 is 1.25 bits per heavy atom. The van der Waals surface area contributed by atoms with Crippen LogP contribution in [0.1, 0.15) is 30.6 Å². The fraction of sp³-hybridized carbons (Fsp3) is 0.455. The van der Waals surface area contributed by atoms with Gasteiger partial charge in [-0.3, -0.25) is 14.3 Å². The van der Waals surface area contributed by atoms with Crippen LogP contribution in [0.2, 0.25) is 0 Å². The molecule has 1 unspecified atom stereocenters. The average Bonchev–Trinajstić information content (AvgIpc) is 3.28. The van der Waals surface area contributed by atoms with Crippen LogP contribution in [0.5, 0.6) is 0 Å². The molecule has 4 heterocycles. The summed E-state index contributed by atoms with van der Waals surface area (Å²) in [5.74, 6) is 0.554. The molecule has 190 valence electrons. The molecule has 4 rings (SSSR count). The Bertz CT molecular complexity index is 1320. The number of fused-ring (bicyclic) bond motifs is 1. The van der Waals surface area contributed by atoms with E-state index in [0.29, 0.717) is 31.7 Å². The molecule has 1 N–H and O–H groups in total. The lowest BCUT2D eigenvalue weighted by molar-refractivity contribution is -0.140. The van der Waals surface area contributed by atoms with Crippen LogP contribution in [0.3, 0.4) is 0 Å². The number of halogens is 3. The topological polar surface area (TPSA) is 133 Å². The SMILES string of the molecule is CC(CCOCC(=O)N1CCN(c2ccc(C#N)cn2)CC1)n1nc(C(F)(F)F)c2c(=O)[nH]ncc21. The van der Waals surface area contributed by atoms with Crippen molar-refractivity contribution >= 4 is 22.6 Å². The number of hydrogen-bond donors (Lipinski definition) is 1. The van der Waals surface area contributed by atoms with Gasteiger partial charge in [0.15, 0.2) is 5.69 Å². The van der Waals surface area contributed by atoms with E-state index >= 15 is 0 Å². The number of alkyl halides is 3. The van der Waals surface area contributed by atoms with Crippen LogP contribution in [0, 0.1) is 11.3 Å². The second-order valence-electron chi connectivity index (χ2n) is 8.33. The zero-order chi connectivity index (χ0) is 25.9. The molecule has 0 aromatic carbocycles. The van der Waals surface area contributed by atoms with E-state index in [0.717, 1.165) is 16.7 Å². The minimum atomic E-state index is -4.79. The van der Waals surface area contributed by atoms with Gasteiger partial charge in [0.2, 0.25) is 5.91 Å². The lowest BCUT2D eigenvalue weighted by Crippen LogP contribution is -2.50. The van der Waals surface area contributed by atoms with Gasteiger partial charge >= 0.3 is 6.18 Å². The normalized spacial score (nSPS) is 15.2. The van der Waals surface area contributed by atoms with Gasteiger partial charge < -0.3 is 14.5 Å². The van der Waals surface area contributed by atoms with Gasteiger partial charge in [0.25, 0.3) is 5.56 Å².